The third-order valence-electron chi connectivity index (χ3n) is 2.60. The van der Waals surface area contributed by atoms with Crippen LogP contribution in [0.2, 0.25) is 0 Å². The van der Waals surface area contributed by atoms with Gasteiger partial charge in [-0.2, -0.15) is 5.10 Å². The summed E-state index contributed by atoms with van der Waals surface area (Å²) in [4.78, 5) is 11.8. The number of para-hydroxylation sites is 1. The van der Waals surface area contributed by atoms with Gasteiger partial charge in [0.05, 0.1) is 5.69 Å². The second-order valence-electron chi connectivity index (χ2n) is 3.99. The number of hydrogen-bond acceptors (Lipinski definition) is 3. The molecule has 94 valence electrons. The Hall–Kier alpha value is -1.46. The van der Waals surface area contributed by atoms with Gasteiger partial charge >= 0.3 is 0 Å². The Balaban J connectivity index is 2.61. The molecule has 0 fully saturated rings. The number of aryl methyl sites for hydroxylation is 1. The molecule has 0 aliphatic carbocycles. The van der Waals surface area contributed by atoms with E-state index in [1.54, 1.807) is 17.8 Å². The van der Waals surface area contributed by atoms with Crippen molar-refractivity contribution < 1.29 is 0 Å². The van der Waals surface area contributed by atoms with Gasteiger partial charge in [0.1, 0.15) is 5.69 Å². The number of hydrogen-bond donors (Lipinski definition) is 1. The van der Waals surface area contributed by atoms with Crippen molar-refractivity contribution in [2.24, 2.45) is 0 Å². The van der Waals surface area contributed by atoms with Crippen LogP contribution in [0.25, 0.3) is 5.69 Å². The van der Waals surface area contributed by atoms with Gasteiger partial charge in [-0.25, -0.2) is 4.68 Å². The van der Waals surface area contributed by atoms with Gasteiger partial charge in [-0.3, -0.25) is 4.79 Å². The van der Waals surface area contributed by atoms with Crippen molar-refractivity contribution in [3.8, 4) is 5.69 Å². The van der Waals surface area contributed by atoms with Gasteiger partial charge in [0.25, 0.3) is 0 Å². The molecule has 2 rings (SSSR count). The number of rotatable bonds is 3. The monoisotopic (exact) mass is 307 g/mol. The van der Waals surface area contributed by atoms with Gasteiger partial charge in [0.15, 0.2) is 0 Å². The maximum Gasteiger partial charge on any atom is 0.204 e. The molecule has 0 aliphatic heterocycles. The van der Waals surface area contributed by atoms with Crippen molar-refractivity contribution in [2.45, 2.75) is 13.5 Å². The molecule has 0 unspecified atom stereocenters. The van der Waals surface area contributed by atoms with E-state index < -0.39 is 0 Å². The average Bonchev–Trinajstić information content (AvgIpc) is 2.34. The maximum atomic E-state index is 11.8. The molecule has 0 atom stereocenters. The third kappa shape index (κ3) is 2.52. The van der Waals surface area contributed by atoms with Crippen LogP contribution in [-0.4, -0.2) is 16.8 Å². The average molecular weight is 308 g/mol. The molecular formula is C13H14BrN3O. The number of nitrogens with zero attached hydrogens (tertiary/aromatic N) is 2. The highest BCUT2D eigenvalue weighted by atomic mass is 79.9. The lowest BCUT2D eigenvalue weighted by Crippen LogP contribution is -2.22. The summed E-state index contributed by atoms with van der Waals surface area (Å²) in [5.41, 5.74) is 2.21. The van der Waals surface area contributed by atoms with E-state index in [4.69, 9.17) is 0 Å². The van der Waals surface area contributed by atoms with Crippen LogP contribution in [-0.2, 0) is 6.54 Å². The van der Waals surface area contributed by atoms with Crippen LogP contribution in [0.1, 0.15) is 11.4 Å². The van der Waals surface area contributed by atoms with Crippen LogP contribution in [0.5, 0.6) is 0 Å². The summed E-state index contributed by atoms with van der Waals surface area (Å²) in [6.07, 6.45) is 0. The molecular weight excluding hydrogens is 294 g/mol. The number of benzene rings is 1. The van der Waals surface area contributed by atoms with Gasteiger partial charge in [0.2, 0.25) is 5.43 Å². The summed E-state index contributed by atoms with van der Waals surface area (Å²) in [6, 6.07) is 9.40. The van der Waals surface area contributed by atoms with Gasteiger partial charge < -0.3 is 5.32 Å². The van der Waals surface area contributed by atoms with Crippen LogP contribution in [0.15, 0.2) is 39.6 Å². The Bertz CT molecular complexity index is 622. The molecule has 0 saturated heterocycles. The zero-order valence-electron chi connectivity index (χ0n) is 10.3. The van der Waals surface area contributed by atoms with Gasteiger partial charge in [-0.1, -0.05) is 12.1 Å². The van der Waals surface area contributed by atoms with E-state index in [-0.39, 0.29) is 5.43 Å². The normalized spacial score (nSPS) is 10.6. The Morgan fingerprint density at radius 3 is 2.78 bits per heavy atom. The molecule has 0 saturated carbocycles. The first-order valence-electron chi connectivity index (χ1n) is 5.63. The lowest BCUT2D eigenvalue weighted by atomic mass is 10.3. The molecule has 5 heteroatoms. The molecule has 0 aliphatic rings. The highest BCUT2D eigenvalue weighted by Crippen LogP contribution is 2.20. The molecule has 1 aromatic carbocycles. The lowest BCUT2D eigenvalue weighted by molar-refractivity contribution is 0.703. The summed E-state index contributed by atoms with van der Waals surface area (Å²) >= 11 is 3.49. The minimum atomic E-state index is -0.0369. The molecule has 0 amide bonds. The summed E-state index contributed by atoms with van der Waals surface area (Å²) in [7, 11) is 1.80. The summed E-state index contributed by atoms with van der Waals surface area (Å²) in [5, 5.41) is 7.35. The standard InChI is InChI=1S/C13H14BrN3O/c1-9-7-13(18)11(8-15-2)16-17(9)12-6-4-3-5-10(12)14/h3-7,15H,8H2,1-2H3. The van der Waals surface area contributed by atoms with E-state index in [0.29, 0.717) is 12.2 Å². The molecule has 4 nitrogen and oxygen atoms in total. The first-order chi connectivity index (χ1) is 8.63. The van der Waals surface area contributed by atoms with E-state index in [1.165, 1.54) is 0 Å². The first kappa shape index (κ1) is 13.0. The van der Waals surface area contributed by atoms with Gasteiger partial charge in [0, 0.05) is 22.8 Å². The van der Waals surface area contributed by atoms with E-state index >= 15 is 0 Å². The van der Waals surface area contributed by atoms with Crippen molar-refractivity contribution in [1.82, 2.24) is 15.1 Å². The fourth-order valence-electron chi connectivity index (χ4n) is 1.74. The highest BCUT2D eigenvalue weighted by Gasteiger charge is 2.08. The minimum Gasteiger partial charge on any atom is -0.314 e. The zero-order valence-corrected chi connectivity index (χ0v) is 11.9. The Labute approximate surface area is 114 Å². The van der Waals surface area contributed by atoms with Crippen LogP contribution in [0, 0.1) is 6.92 Å². The highest BCUT2D eigenvalue weighted by molar-refractivity contribution is 9.10. The maximum absolute atomic E-state index is 11.8. The number of aromatic nitrogens is 2. The molecule has 0 bridgehead atoms. The predicted octanol–water partition coefficient (Wildman–Crippen LogP) is 2.02. The largest absolute Gasteiger partial charge is 0.314 e. The second kappa shape index (κ2) is 5.46. The Morgan fingerprint density at radius 1 is 1.39 bits per heavy atom. The second-order valence-corrected chi connectivity index (χ2v) is 4.84. The predicted molar refractivity (Wildman–Crippen MR) is 75.0 cm³/mol. The quantitative estimate of drug-likeness (QED) is 0.944. The first-order valence-corrected chi connectivity index (χ1v) is 6.42. The van der Waals surface area contributed by atoms with E-state index in [2.05, 4.69) is 26.3 Å². The van der Waals surface area contributed by atoms with Gasteiger partial charge in [-0.05, 0) is 42.0 Å². The van der Waals surface area contributed by atoms with Crippen molar-refractivity contribution >= 4 is 15.9 Å². The Morgan fingerprint density at radius 2 is 2.11 bits per heavy atom. The molecule has 1 aromatic heterocycles. The molecule has 0 radical (unpaired) electrons. The Kier molecular flexibility index (Phi) is 3.93. The molecule has 1 heterocycles. The lowest BCUT2D eigenvalue weighted by Gasteiger charge is -2.12. The fraction of sp³-hybridized carbons (Fsp3) is 0.231. The van der Waals surface area contributed by atoms with E-state index in [1.807, 2.05) is 31.2 Å². The zero-order chi connectivity index (χ0) is 13.1. The topological polar surface area (TPSA) is 46.9 Å². The van der Waals surface area contributed by atoms with Crippen LogP contribution in [0.3, 0.4) is 0 Å². The summed E-state index contributed by atoms with van der Waals surface area (Å²) < 4.78 is 2.72. The SMILES string of the molecule is CNCc1nn(-c2ccccc2Br)c(C)cc1=O. The van der Waals surface area contributed by atoms with E-state index in [9.17, 15) is 4.79 Å². The minimum absolute atomic E-state index is 0.0369. The van der Waals surface area contributed by atoms with Crippen molar-refractivity contribution in [3.63, 3.8) is 0 Å². The molecule has 2 aromatic rings. The van der Waals surface area contributed by atoms with Crippen molar-refractivity contribution in [1.29, 1.82) is 0 Å². The van der Waals surface area contributed by atoms with Crippen molar-refractivity contribution in [2.75, 3.05) is 7.05 Å². The van der Waals surface area contributed by atoms with Crippen molar-refractivity contribution in [3.05, 3.63) is 56.4 Å². The number of halogens is 1. The molecule has 0 spiro atoms. The summed E-state index contributed by atoms with van der Waals surface area (Å²) in [5.74, 6) is 0. The van der Waals surface area contributed by atoms with Crippen LogP contribution in [0.4, 0.5) is 0 Å². The molecule has 18 heavy (non-hydrogen) atoms. The smallest absolute Gasteiger partial charge is 0.204 e. The van der Waals surface area contributed by atoms with Crippen LogP contribution < -0.4 is 10.7 Å². The molecule has 1 N–H and O–H groups in total. The van der Waals surface area contributed by atoms with Crippen LogP contribution >= 0.6 is 15.9 Å². The fourth-order valence-corrected chi connectivity index (χ4v) is 2.19. The number of nitrogens with one attached hydrogen (secondary N) is 1. The summed E-state index contributed by atoms with van der Waals surface area (Å²) in [6.45, 7) is 2.33. The van der Waals surface area contributed by atoms with E-state index in [0.717, 1.165) is 15.9 Å². The third-order valence-corrected chi connectivity index (χ3v) is 3.27. The van der Waals surface area contributed by atoms with Gasteiger partial charge in [-0.15, -0.1) is 0 Å².